The zero-order chi connectivity index (χ0) is 21.4. The molecule has 0 saturated carbocycles. The van der Waals surface area contributed by atoms with Crippen LogP contribution in [0.5, 0.6) is 0 Å². The van der Waals surface area contributed by atoms with Crippen LogP contribution in [0.1, 0.15) is 33.1 Å². The SMILES string of the molecule is CCC(CC)O[C@@H]1C=C(C(=O)O)C[C@H](N)[C@H]1N=C(N)N.O=C(O)C(F)(F)F. The van der Waals surface area contributed by atoms with Crippen LogP contribution in [-0.4, -0.2) is 58.6 Å². The first-order chi connectivity index (χ1) is 12.3. The number of carbonyl (C=O) groups is 2. The summed E-state index contributed by atoms with van der Waals surface area (Å²) in [5.41, 5.74) is 17.1. The second-order valence-electron chi connectivity index (χ2n) is 5.75. The minimum absolute atomic E-state index is 0.0216. The maximum absolute atomic E-state index is 11.1. The van der Waals surface area contributed by atoms with E-state index >= 15 is 0 Å². The molecule has 0 aromatic heterocycles. The number of carboxylic acids is 2. The number of aliphatic carboxylic acids is 2. The van der Waals surface area contributed by atoms with Gasteiger partial charge in [0.05, 0.1) is 12.1 Å². The summed E-state index contributed by atoms with van der Waals surface area (Å²) >= 11 is 0. The van der Waals surface area contributed by atoms with Crippen molar-refractivity contribution in [3.63, 3.8) is 0 Å². The molecule has 0 fully saturated rings. The molecule has 12 heteroatoms. The zero-order valence-corrected chi connectivity index (χ0v) is 14.9. The van der Waals surface area contributed by atoms with Crippen LogP contribution in [-0.2, 0) is 14.3 Å². The third-order valence-corrected chi connectivity index (χ3v) is 3.67. The highest BCUT2D eigenvalue weighted by Gasteiger charge is 2.38. The monoisotopic (exact) mass is 398 g/mol. The maximum atomic E-state index is 11.1. The van der Waals surface area contributed by atoms with Gasteiger partial charge in [0, 0.05) is 11.6 Å². The van der Waals surface area contributed by atoms with Gasteiger partial charge < -0.3 is 32.2 Å². The minimum atomic E-state index is -5.08. The molecule has 8 N–H and O–H groups in total. The van der Waals surface area contributed by atoms with Crippen molar-refractivity contribution in [2.24, 2.45) is 22.2 Å². The lowest BCUT2D eigenvalue weighted by Gasteiger charge is -2.33. The fourth-order valence-corrected chi connectivity index (χ4v) is 2.31. The van der Waals surface area contributed by atoms with Crippen LogP contribution >= 0.6 is 0 Å². The zero-order valence-electron chi connectivity index (χ0n) is 14.9. The predicted molar refractivity (Wildman–Crippen MR) is 90.8 cm³/mol. The van der Waals surface area contributed by atoms with Gasteiger partial charge >= 0.3 is 18.1 Å². The Morgan fingerprint density at radius 2 is 1.78 bits per heavy atom. The van der Waals surface area contributed by atoms with Crippen molar-refractivity contribution in [2.75, 3.05) is 0 Å². The third kappa shape index (κ3) is 8.73. The molecule has 1 aliphatic rings. The molecule has 0 radical (unpaired) electrons. The van der Waals surface area contributed by atoms with Crippen LogP contribution < -0.4 is 17.2 Å². The molecule has 1 rings (SSSR count). The average molecular weight is 398 g/mol. The van der Waals surface area contributed by atoms with Crippen molar-refractivity contribution in [3.8, 4) is 0 Å². The van der Waals surface area contributed by atoms with E-state index in [0.717, 1.165) is 12.8 Å². The molecule has 156 valence electrons. The summed E-state index contributed by atoms with van der Waals surface area (Å²) in [5.74, 6) is -3.81. The van der Waals surface area contributed by atoms with Crippen LogP contribution in [0.15, 0.2) is 16.6 Å². The molecule has 27 heavy (non-hydrogen) atoms. The fraction of sp³-hybridized carbons (Fsp3) is 0.667. The van der Waals surface area contributed by atoms with Crippen molar-refractivity contribution in [2.45, 2.75) is 63.6 Å². The first-order valence-corrected chi connectivity index (χ1v) is 8.07. The van der Waals surface area contributed by atoms with Gasteiger partial charge in [0.25, 0.3) is 0 Å². The first kappa shape index (κ1) is 24.7. The standard InChI is InChI=1S/C13H24N4O3.C2HF3O2/c1-3-8(4-2)20-10-6-7(12(18)19)5-9(14)11(10)17-13(15)16;3-2(4,5)1(6)7/h6,8-11H,3-5,14H2,1-2H3,(H,18,19)(H4,15,16,17);(H,6,7)/t9-,10+,11+;/m0./s1. The first-order valence-electron chi connectivity index (χ1n) is 8.07. The lowest BCUT2D eigenvalue weighted by Crippen LogP contribution is -2.48. The van der Waals surface area contributed by atoms with E-state index in [9.17, 15) is 18.0 Å². The van der Waals surface area contributed by atoms with Gasteiger partial charge in [-0.3, -0.25) is 0 Å². The van der Waals surface area contributed by atoms with Crippen molar-refractivity contribution in [1.29, 1.82) is 0 Å². The van der Waals surface area contributed by atoms with E-state index in [1.54, 1.807) is 6.08 Å². The largest absolute Gasteiger partial charge is 0.490 e. The van der Waals surface area contributed by atoms with Crippen molar-refractivity contribution >= 4 is 17.9 Å². The number of nitrogens with two attached hydrogens (primary N) is 3. The van der Waals surface area contributed by atoms with E-state index in [2.05, 4.69) is 4.99 Å². The number of hydrogen-bond donors (Lipinski definition) is 5. The number of alkyl halides is 3. The Balaban J connectivity index is 0.000000821. The number of rotatable bonds is 6. The van der Waals surface area contributed by atoms with Crippen LogP contribution in [0.25, 0.3) is 0 Å². The van der Waals surface area contributed by atoms with E-state index < -0.39 is 36.3 Å². The van der Waals surface area contributed by atoms with Crippen molar-refractivity contribution in [3.05, 3.63) is 11.6 Å². The van der Waals surface area contributed by atoms with Gasteiger partial charge in [0.1, 0.15) is 6.10 Å². The minimum Gasteiger partial charge on any atom is -0.478 e. The van der Waals surface area contributed by atoms with Gasteiger partial charge in [0.15, 0.2) is 5.96 Å². The summed E-state index contributed by atoms with van der Waals surface area (Å²) in [6.07, 6.45) is -2.13. The molecule has 3 atom stereocenters. The summed E-state index contributed by atoms with van der Waals surface area (Å²) in [4.78, 5) is 24.1. The van der Waals surface area contributed by atoms with Gasteiger partial charge in [-0.15, -0.1) is 0 Å². The fourth-order valence-electron chi connectivity index (χ4n) is 2.31. The summed E-state index contributed by atoms with van der Waals surface area (Å²) in [6.45, 7) is 4.02. The van der Waals surface area contributed by atoms with Gasteiger partial charge in [-0.05, 0) is 25.3 Å². The number of nitrogens with zero attached hydrogens (tertiary/aromatic N) is 1. The molecule has 0 amide bonds. The predicted octanol–water partition coefficient (Wildman–Crippen LogP) is 0.578. The number of ether oxygens (including phenoxy) is 1. The summed E-state index contributed by atoms with van der Waals surface area (Å²) in [5, 5.41) is 16.3. The highest BCUT2D eigenvalue weighted by atomic mass is 19.4. The topological polar surface area (TPSA) is 174 Å². The van der Waals surface area contributed by atoms with Gasteiger partial charge in [-0.2, -0.15) is 13.2 Å². The van der Waals surface area contributed by atoms with Crippen LogP contribution in [0, 0.1) is 0 Å². The number of aliphatic imine (C=N–C) groups is 1. The van der Waals surface area contributed by atoms with Crippen LogP contribution in [0.2, 0.25) is 0 Å². The number of hydrogen-bond acceptors (Lipinski definition) is 5. The van der Waals surface area contributed by atoms with E-state index in [4.69, 9.17) is 36.9 Å². The third-order valence-electron chi connectivity index (χ3n) is 3.67. The highest BCUT2D eigenvalue weighted by molar-refractivity contribution is 5.87. The van der Waals surface area contributed by atoms with E-state index in [-0.39, 0.29) is 24.1 Å². The molecule has 0 aliphatic heterocycles. The van der Waals surface area contributed by atoms with Crippen molar-refractivity contribution in [1.82, 2.24) is 0 Å². The molecule has 0 unspecified atom stereocenters. The maximum Gasteiger partial charge on any atom is 0.490 e. The van der Waals surface area contributed by atoms with Gasteiger partial charge in [-0.25, -0.2) is 14.6 Å². The second kappa shape index (κ2) is 10.7. The van der Waals surface area contributed by atoms with Gasteiger partial charge in [-0.1, -0.05) is 13.8 Å². The summed E-state index contributed by atoms with van der Waals surface area (Å²) in [6, 6.07) is -0.934. The normalized spacial score (nSPS) is 22.3. The molecular formula is C15H25F3N4O5. The summed E-state index contributed by atoms with van der Waals surface area (Å²) in [7, 11) is 0. The number of carboxylic acid groups (broad SMARTS) is 2. The quantitative estimate of drug-likeness (QED) is 0.319. The molecule has 0 saturated heterocycles. The molecular weight excluding hydrogens is 373 g/mol. The average Bonchev–Trinajstić information content (AvgIpc) is 2.54. The lowest BCUT2D eigenvalue weighted by molar-refractivity contribution is -0.192. The second-order valence-corrected chi connectivity index (χ2v) is 5.75. The molecule has 9 nitrogen and oxygen atoms in total. The van der Waals surface area contributed by atoms with Crippen LogP contribution in [0.4, 0.5) is 13.2 Å². The molecule has 0 bridgehead atoms. The van der Waals surface area contributed by atoms with Crippen LogP contribution in [0.3, 0.4) is 0 Å². The Morgan fingerprint density at radius 1 is 1.30 bits per heavy atom. The Bertz CT molecular complexity index is 572. The summed E-state index contributed by atoms with van der Waals surface area (Å²) < 4.78 is 37.7. The van der Waals surface area contributed by atoms with E-state index in [1.165, 1.54) is 0 Å². The smallest absolute Gasteiger partial charge is 0.478 e. The molecule has 0 heterocycles. The van der Waals surface area contributed by atoms with E-state index in [0.29, 0.717) is 0 Å². The van der Waals surface area contributed by atoms with Gasteiger partial charge in [0.2, 0.25) is 0 Å². The Hall–Kier alpha value is -2.34. The Kier molecular flexibility index (Phi) is 9.79. The van der Waals surface area contributed by atoms with E-state index in [1.807, 2.05) is 13.8 Å². The Morgan fingerprint density at radius 3 is 2.11 bits per heavy atom. The molecule has 0 aromatic rings. The molecule has 0 spiro atoms. The molecule has 1 aliphatic carbocycles. The molecule has 0 aromatic carbocycles. The number of guanidine groups is 1. The highest BCUT2D eigenvalue weighted by Crippen LogP contribution is 2.25. The Labute approximate surface area is 154 Å². The van der Waals surface area contributed by atoms with Crippen molar-refractivity contribution < 1.29 is 37.7 Å². The lowest BCUT2D eigenvalue weighted by atomic mass is 9.88. The number of halogens is 3.